The van der Waals surface area contributed by atoms with E-state index in [2.05, 4.69) is 27.3 Å². The van der Waals surface area contributed by atoms with Gasteiger partial charge < -0.3 is 10.2 Å². The second-order valence-electron chi connectivity index (χ2n) is 8.04. The van der Waals surface area contributed by atoms with Crippen LogP contribution in [-0.4, -0.2) is 63.7 Å². The fraction of sp³-hybridized carbons (Fsp3) is 0.292. The van der Waals surface area contributed by atoms with Crippen molar-refractivity contribution in [1.82, 2.24) is 24.5 Å². The topological polar surface area (TPSA) is 70.0 Å². The molecule has 0 aliphatic carbocycles. The summed E-state index contributed by atoms with van der Waals surface area (Å²) >= 11 is 1.45. The van der Waals surface area contributed by atoms with Crippen LogP contribution in [0.3, 0.4) is 0 Å². The number of piperazine rings is 1. The molecule has 1 N–H and O–H groups in total. The molecule has 0 unspecified atom stereocenters. The number of amides is 2. The molecule has 2 aliphatic rings. The summed E-state index contributed by atoms with van der Waals surface area (Å²) in [6.45, 7) is 4.05. The Hall–Kier alpha value is -2.52. The molecule has 34 heavy (non-hydrogen) atoms. The molecule has 2 aromatic heterocycles. The molecule has 2 amide bonds. The lowest BCUT2D eigenvalue weighted by Crippen LogP contribution is -2.50. The van der Waals surface area contributed by atoms with Crippen LogP contribution in [0.5, 0.6) is 0 Å². The van der Waals surface area contributed by atoms with Gasteiger partial charge in [-0.05, 0) is 30.2 Å². The van der Waals surface area contributed by atoms with E-state index in [1.807, 2.05) is 51.8 Å². The van der Waals surface area contributed by atoms with E-state index in [1.165, 1.54) is 17.3 Å². The van der Waals surface area contributed by atoms with Crippen LogP contribution in [0, 0.1) is 0 Å². The summed E-state index contributed by atoms with van der Waals surface area (Å²) < 4.78 is 2.05. The Labute approximate surface area is 215 Å². The van der Waals surface area contributed by atoms with E-state index in [0.717, 1.165) is 42.4 Å². The minimum atomic E-state index is -0.0848. The van der Waals surface area contributed by atoms with Gasteiger partial charge >= 0.3 is 0 Å². The quantitative estimate of drug-likeness (QED) is 0.484. The average molecular weight is 520 g/mol. The van der Waals surface area contributed by atoms with Gasteiger partial charge in [0.05, 0.1) is 28.4 Å². The molecule has 1 saturated heterocycles. The van der Waals surface area contributed by atoms with Gasteiger partial charge in [0.2, 0.25) is 5.91 Å². The number of pyridine rings is 1. The predicted octanol–water partition coefficient (Wildman–Crippen LogP) is 3.48. The number of hydrogen-bond acceptors (Lipinski definition) is 5. The van der Waals surface area contributed by atoms with Gasteiger partial charge in [-0.1, -0.05) is 48.2 Å². The van der Waals surface area contributed by atoms with Crippen LogP contribution in [-0.2, 0) is 16.1 Å². The van der Waals surface area contributed by atoms with E-state index in [0.29, 0.717) is 24.5 Å². The summed E-state index contributed by atoms with van der Waals surface area (Å²) in [5, 5.41) is 3.98. The third-order valence-electron chi connectivity index (χ3n) is 5.78. The molecule has 0 radical (unpaired) electrons. The zero-order chi connectivity index (χ0) is 21.9. The van der Waals surface area contributed by atoms with Gasteiger partial charge in [0.15, 0.2) is 0 Å². The number of nitrogens with zero attached hydrogens (tertiary/aromatic N) is 4. The number of benzene rings is 1. The number of carbonyl (C=O) groups excluding carboxylic acids is 2. The first-order chi connectivity index (χ1) is 15.7. The highest BCUT2D eigenvalue weighted by Crippen LogP contribution is 2.34. The molecule has 7 nitrogen and oxygen atoms in total. The Balaban J connectivity index is 0.00000162. The minimum absolute atomic E-state index is 0. The maximum absolute atomic E-state index is 12.7. The van der Waals surface area contributed by atoms with E-state index in [9.17, 15) is 9.59 Å². The van der Waals surface area contributed by atoms with Gasteiger partial charge in [-0.2, -0.15) is 0 Å². The zero-order valence-corrected chi connectivity index (χ0v) is 21.0. The standard InChI is InChI=1S/C24H25N5O2S.2ClH/c30-22-17-27(16-18-6-2-1-3-7-18)12-13-28(22)11-5-10-25-24(31)20-14-19-15-26-21-8-4-9-23(32-20)29(19)21;;/h1-4,6-9,14-15H,5,10-13,16-17H2,(H,25,31);2*1H. The number of nitrogens with one attached hydrogen (secondary N) is 1. The van der Waals surface area contributed by atoms with Crippen LogP contribution >= 0.6 is 36.6 Å². The smallest absolute Gasteiger partial charge is 0.258 e. The summed E-state index contributed by atoms with van der Waals surface area (Å²) in [4.78, 5) is 34.3. The number of imidazole rings is 1. The first-order valence-electron chi connectivity index (χ1n) is 10.9. The summed E-state index contributed by atoms with van der Waals surface area (Å²) in [7, 11) is 0. The van der Waals surface area contributed by atoms with Gasteiger partial charge in [0.1, 0.15) is 5.65 Å². The molecule has 5 rings (SSSR count). The molecule has 1 fully saturated rings. The molecular formula is C24H27Cl2N5O2S. The molecule has 0 bridgehead atoms. The molecule has 3 aromatic rings. The van der Waals surface area contributed by atoms with Crippen molar-refractivity contribution in [2.24, 2.45) is 0 Å². The SMILES string of the molecule is Cl.Cl.O=C(NCCCN1CCN(Cc2ccccc2)CC1=O)C1=Cc2cnc3cccc(n23)S1. The number of rotatable bonds is 7. The van der Waals surface area contributed by atoms with E-state index < -0.39 is 0 Å². The van der Waals surface area contributed by atoms with Gasteiger partial charge in [-0.25, -0.2) is 4.98 Å². The number of hydrogen-bond donors (Lipinski definition) is 1. The van der Waals surface area contributed by atoms with Crippen molar-refractivity contribution in [1.29, 1.82) is 0 Å². The van der Waals surface area contributed by atoms with Gasteiger partial charge in [0, 0.05) is 32.7 Å². The van der Waals surface area contributed by atoms with Crippen LogP contribution in [0.4, 0.5) is 0 Å². The highest BCUT2D eigenvalue weighted by molar-refractivity contribution is 8.04. The average Bonchev–Trinajstić information content (AvgIpc) is 3.23. The van der Waals surface area contributed by atoms with Crippen molar-refractivity contribution in [3.05, 3.63) is 70.9 Å². The summed E-state index contributed by atoms with van der Waals surface area (Å²) in [6.07, 6.45) is 4.40. The number of halogens is 2. The van der Waals surface area contributed by atoms with Crippen molar-refractivity contribution >= 4 is 60.1 Å². The van der Waals surface area contributed by atoms with Crippen LogP contribution in [0.2, 0.25) is 0 Å². The van der Waals surface area contributed by atoms with Crippen LogP contribution in [0.1, 0.15) is 17.7 Å². The molecule has 0 saturated carbocycles. The van der Waals surface area contributed by atoms with Gasteiger partial charge in [-0.15, -0.1) is 24.8 Å². The Bertz CT molecular complexity index is 1180. The van der Waals surface area contributed by atoms with Crippen molar-refractivity contribution in [2.75, 3.05) is 32.7 Å². The Morgan fingerprint density at radius 3 is 2.68 bits per heavy atom. The lowest BCUT2D eigenvalue weighted by atomic mass is 10.2. The largest absolute Gasteiger partial charge is 0.352 e. The highest BCUT2D eigenvalue weighted by atomic mass is 35.5. The Kier molecular flexibility index (Phi) is 9.02. The molecule has 4 heterocycles. The molecule has 1 aromatic carbocycles. The van der Waals surface area contributed by atoms with E-state index >= 15 is 0 Å². The summed E-state index contributed by atoms with van der Waals surface area (Å²) in [6, 6.07) is 16.1. The van der Waals surface area contributed by atoms with Crippen LogP contribution in [0.15, 0.2) is 64.7 Å². The van der Waals surface area contributed by atoms with Crippen molar-refractivity contribution in [3.8, 4) is 0 Å². The Morgan fingerprint density at radius 1 is 1.06 bits per heavy atom. The Morgan fingerprint density at radius 2 is 1.88 bits per heavy atom. The van der Waals surface area contributed by atoms with E-state index in [4.69, 9.17) is 0 Å². The monoisotopic (exact) mass is 519 g/mol. The molecule has 10 heteroatoms. The van der Waals surface area contributed by atoms with Crippen LogP contribution in [0.25, 0.3) is 11.7 Å². The second kappa shape index (κ2) is 11.8. The van der Waals surface area contributed by atoms with Crippen molar-refractivity contribution < 1.29 is 9.59 Å². The number of thioether (sulfide) groups is 1. The number of carbonyl (C=O) groups is 2. The maximum Gasteiger partial charge on any atom is 0.258 e. The van der Waals surface area contributed by atoms with E-state index in [1.54, 1.807) is 6.20 Å². The molecular weight excluding hydrogens is 493 g/mol. The lowest BCUT2D eigenvalue weighted by molar-refractivity contribution is -0.136. The third-order valence-corrected chi connectivity index (χ3v) is 6.83. The first kappa shape index (κ1) is 26.1. The van der Waals surface area contributed by atoms with Gasteiger partial charge in [0.25, 0.3) is 5.91 Å². The molecule has 180 valence electrons. The third kappa shape index (κ3) is 5.75. The van der Waals surface area contributed by atoms with Crippen LogP contribution < -0.4 is 5.32 Å². The first-order valence-corrected chi connectivity index (χ1v) is 11.7. The fourth-order valence-electron chi connectivity index (χ4n) is 4.13. The normalized spacial score (nSPS) is 15.4. The van der Waals surface area contributed by atoms with Crippen molar-refractivity contribution in [2.45, 2.75) is 18.0 Å². The lowest BCUT2D eigenvalue weighted by Gasteiger charge is -2.34. The van der Waals surface area contributed by atoms with Crippen molar-refractivity contribution in [3.63, 3.8) is 0 Å². The minimum Gasteiger partial charge on any atom is -0.352 e. The maximum atomic E-state index is 12.7. The van der Waals surface area contributed by atoms with E-state index in [-0.39, 0.29) is 36.6 Å². The summed E-state index contributed by atoms with van der Waals surface area (Å²) in [5.74, 6) is 0.0730. The predicted molar refractivity (Wildman–Crippen MR) is 139 cm³/mol. The molecule has 0 atom stereocenters. The summed E-state index contributed by atoms with van der Waals surface area (Å²) in [5.41, 5.74) is 3.03. The molecule has 0 spiro atoms. The molecule has 2 aliphatic heterocycles. The second-order valence-corrected chi connectivity index (χ2v) is 9.10. The zero-order valence-electron chi connectivity index (χ0n) is 18.6. The highest BCUT2D eigenvalue weighted by Gasteiger charge is 2.24. The van der Waals surface area contributed by atoms with Gasteiger partial charge in [-0.3, -0.25) is 18.9 Å². The fourth-order valence-corrected chi connectivity index (χ4v) is 5.13. The number of aromatic nitrogens is 2.